The minimum absolute atomic E-state index is 0.0420. The average molecular weight is 635 g/mol. The van der Waals surface area contributed by atoms with E-state index in [2.05, 4.69) is 13.8 Å². The first-order valence-corrected chi connectivity index (χ1v) is 21.1. The fourth-order valence-electron chi connectivity index (χ4n) is 7.22. The molecule has 0 aromatic rings. The maximum absolute atomic E-state index is 6.20. The van der Waals surface area contributed by atoms with Crippen molar-refractivity contribution >= 4 is 0 Å². The molecule has 268 valence electrons. The van der Waals surface area contributed by atoms with Crippen molar-refractivity contribution in [2.24, 2.45) is 0 Å². The molecular formula is C42H82O3. The van der Waals surface area contributed by atoms with Crippen LogP contribution in [0.1, 0.15) is 232 Å². The van der Waals surface area contributed by atoms with Crippen LogP contribution in [-0.4, -0.2) is 37.6 Å². The number of epoxide rings is 2. The van der Waals surface area contributed by atoms with E-state index in [1.807, 2.05) is 0 Å². The normalized spacial score (nSPS) is 20.7. The summed E-state index contributed by atoms with van der Waals surface area (Å²) in [7, 11) is 0. The number of hydrogen-bond acceptors (Lipinski definition) is 3. The van der Waals surface area contributed by atoms with Gasteiger partial charge in [-0.1, -0.05) is 219 Å². The average Bonchev–Trinajstić information content (AvgIpc) is 3.99. The first-order valence-electron chi connectivity index (χ1n) is 21.1. The molecule has 45 heavy (non-hydrogen) atoms. The Kier molecular flexibility index (Phi) is 26.3. The molecule has 2 aliphatic rings. The summed E-state index contributed by atoms with van der Waals surface area (Å²) in [6.07, 6.45) is 48.0. The van der Waals surface area contributed by atoms with Crippen molar-refractivity contribution in [3.8, 4) is 0 Å². The number of unbranched alkanes of at least 4 members (excludes halogenated alkanes) is 30. The Morgan fingerprint density at radius 1 is 0.333 bits per heavy atom. The first kappa shape index (κ1) is 41.1. The molecule has 0 spiro atoms. The van der Waals surface area contributed by atoms with Crippen LogP contribution in [0.4, 0.5) is 0 Å². The van der Waals surface area contributed by atoms with Gasteiger partial charge in [0.05, 0.1) is 26.4 Å². The fraction of sp³-hybridized carbons (Fsp3) is 1.00. The molecule has 2 unspecified atom stereocenters. The van der Waals surface area contributed by atoms with Crippen molar-refractivity contribution in [1.29, 1.82) is 0 Å². The molecule has 0 saturated carbocycles. The standard InChI is InChI=1S/C42H82O3/c1-3-5-7-9-11-13-15-17-19-21-23-25-27-29-31-33-35-41(39-44-41)37-43-38-42(40-45-42)36-34-32-30-28-26-24-22-20-18-16-14-12-10-8-6-4-2/h3-40H2,1-2H3. The van der Waals surface area contributed by atoms with Crippen LogP contribution < -0.4 is 0 Å². The van der Waals surface area contributed by atoms with Crippen LogP contribution >= 0.6 is 0 Å². The lowest BCUT2D eigenvalue weighted by Crippen LogP contribution is -2.26. The smallest absolute Gasteiger partial charge is 0.115 e. The molecule has 2 heterocycles. The Morgan fingerprint density at radius 2 is 0.533 bits per heavy atom. The van der Waals surface area contributed by atoms with Gasteiger partial charge >= 0.3 is 0 Å². The van der Waals surface area contributed by atoms with Crippen molar-refractivity contribution in [2.45, 2.75) is 243 Å². The van der Waals surface area contributed by atoms with Gasteiger partial charge in [0.1, 0.15) is 11.2 Å². The quantitative estimate of drug-likeness (QED) is 0.0500. The third kappa shape index (κ3) is 24.6. The maximum Gasteiger partial charge on any atom is 0.115 e. The number of ether oxygens (including phenoxy) is 3. The number of rotatable bonds is 38. The second kappa shape index (κ2) is 28.9. The predicted octanol–water partition coefficient (Wildman–Crippen LogP) is 13.8. The van der Waals surface area contributed by atoms with E-state index in [9.17, 15) is 0 Å². The second-order valence-electron chi connectivity index (χ2n) is 15.5. The number of hydrogen-bond donors (Lipinski definition) is 0. The van der Waals surface area contributed by atoms with Crippen LogP contribution in [0.25, 0.3) is 0 Å². The van der Waals surface area contributed by atoms with Crippen molar-refractivity contribution in [1.82, 2.24) is 0 Å². The van der Waals surface area contributed by atoms with Crippen molar-refractivity contribution in [2.75, 3.05) is 26.4 Å². The Balaban J connectivity index is 1.28. The molecule has 0 amide bonds. The van der Waals surface area contributed by atoms with E-state index in [-0.39, 0.29) is 11.2 Å². The van der Waals surface area contributed by atoms with Crippen molar-refractivity contribution in [3.63, 3.8) is 0 Å². The SMILES string of the molecule is CCCCCCCCCCCCCCCCCCC1(COCC2(CCCCCCCCCCCCCCCCCC)CO2)CO1. The highest BCUT2D eigenvalue weighted by molar-refractivity contribution is 4.95. The van der Waals surface area contributed by atoms with E-state index < -0.39 is 0 Å². The van der Waals surface area contributed by atoms with Gasteiger partial charge in [0.25, 0.3) is 0 Å². The Morgan fingerprint density at radius 3 is 0.733 bits per heavy atom. The van der Waals surface area contributed by atoms with Gasteiger partial charge in [-0.2, -0.15) is 0 Å². The molecule has 0 bridgehead atoms. The minimum Gasteiger partial charge on any atom is -0.375 e. The maximum atomic E-state index is 6.20. The third-order valence-corrected chi connectivity index (χ3v) is 10.8. The summed E-state index contributed by atoms with van der Waals surface area (Å²) in [5.41, 5.74) is 0.0840. The molecule has 2 fully saturated rings. The molecule has 3 nitrogen and oxygen atoms in total. The van der Waals surface area contributed by atoms with E-state index in [0.717, 1.165) is 26.4 Å². The van der Waals surface area contributed by atoms with Gasteiger partial charge in [-0.05, 0) is 12.8 Å². The molecule has 0 aromatic carbocycles. The summed E-state index contributed by atoms with van der Waals surface area (Å²) in [6.45, 7) is 7.96. The Bertz CT molecular complexity index is 559. The van der Waals surface area contributed by atoms with Crippen LogP contribution in [0.15, 0.2) is 0 Å². The zero-order valence-corrected chi connectivity index (χ0v) is 31.1. The molecule has 0 N–H and O–H groups in total. The second-order valence-corrected chi connectivity index (χ2v) is 15.5. The van der Waals surface area contributed by atoms with Gasteiger partial charge in [-0.25, -0.2) is 0 Å². The van der Waals surface area contributed by atoms with Gasteiger partial charge < -0.3 is 14.2 Å². The molecule has 2 rings (SSSR count). The molecule has 0 aliphatic carbocycles. The van der Waals surface area contributed by atoms with E-state index in [1.165, 1.54) is 218 Å². The molecular weight excluding hydrogens is 552 g/mol. The van der Waals surface area contributed by atoms with Gasteiger partial charge in [0, 0.05) is 0 Å². The lowest BCUT2D eigenvalue weighted by Gasteiger charge is -2.16. The van der Waals surface area contributed by atoms with E-state index in [1.54, 1.807) is 0 Å². The van der Waals surface area contributed by atoms with Gasteiger partial charge in [-0.15, -0.1) is 0 Å². The fourth-order valence-corrected chi connectivity index (χ4v) is 7.22. The highest BCUT2D eigenvalue weighted by Crippen LogP contribution is 2.37. The van der Waals surface area contributed by atoms with Gasteiger partial charge in [0.15, 0.2) is 0 Å². The van der Waals surface area contributed by atoms with E-state index in [4.69, 9.17) is 14.2 Å². The van der Waals surface area contributed by atoms with Gasteiger partial charge in [-0.3, -0.25) is 0 Å². The van der Waals surface area contributed by atoms with Gasteiger partial charge in [0.2, 0.25) is 0 Å². The van der Waals surface area contributed by atoms with Crippen LogP contribution in [0.2, 0.25) is 0 Å². The van der Waals surface area contributed by atoms with Crippen molar-refractivity contribution in [3.05, 3.63) is 0 Å². The Hall–Kier alpha value is -0.120. The monoisotopic (exact) mass is 635 g/mol. The largest absolute Gasteiger partial charge is 0.375 e. The predicted molar refractivity (Wildman–Crippen MR) is 197 cm³/mol. The summed E-state index contributed by atoms with van der Waals surface area (Å²) >= 11 is 0. The zero-order valence-electron chi connectivity index (χ0n) is 31.1. The molecule has 2 saturated heterocycles. The van der Waals surface area contributed by atoms with Crippen LogP contribution in [0, 0.1) is 0 Å². The minimum atomic E-state index is 0.0420. The van der Waals surface area contributed by atoms with Crippen LogP contribution in [-0.2, 0) is 14.2 Å². The molecule has 2 atom stereocenters. The summed E-state index contributed by atoms with van der Waals surface area (Å²) in [4.78, 5) is 0. The topological polar surface area (TPSA) is 34.3 Å². The summed E-state index contributed by atoms with van der Waals surface area (Å²) in [6, 6.07) is 0. The zero-order chi connectivity index (χ0) is 32.0. The van der Waals surface area contributed by atoms with Crippen LogP contribution in [0.5, 0.6) is 0 Å². The third-order valence-electron chi connectivity index (χ3n) is 10.8. The van der Waals surface area contributed by atoms with Crippen LogP contribution in [0.3, 0.4) is 0 Å². The highest BCUT2D eigenvalue weighted by atomic mass is 16.6. The van der Waals surface area contributed by atoms with E-state index >= 15 is 0 Å². The lowest BCUT2D eigenvalue weighted by atomic mass is 10.00. The molecule has 0 radical (unpaired) electrons. The summed E-state index contributed by atoms with van der Waals surface area (Å²) in [5.74, 6) is 0. The molecule has 3 heteroatoms. The first-order chi connectivity index (χ1) is 22.2. The molecule has 2 aliphatic heterocycles. The summed E-state index contributed by atoms with van der Waals surface area (Å²) < 4.78 is 18.0. The van der Waals surface area contributed by atoms with Crippen molar-refractivity contribution < 1.29 is 14.2 Å². The Labute approximate surface area is 283 Å². The highest BCUT2D eigenvalue weighted by Gasteiger charge is 2.48. The lowest BCUT2D eigenvalue weighted by molar-refractivity contribution is 0.0361. The molecule has 0 aromatic heterocycles. The summed E-state index contributed by atoms with van der Waals surface area (Å²) in [5, 5.41) is 0. The van der Waals surface area contributed by atoms with E-state index in [0.29, 0.717) is 0 Å².